The Balaban J connectivity index is 1.56. The second-order valence-corrected chi connectivity index (χ2v) is 7.12. The monoisotopic (exact) mass is 351 g/mol. The Bertz CT molecular complexity index is 999. The molecule has 25 heavy (non-hydrogen) atoms. The molecule has 1 aliphatic heterocycles. The number of hydrogen-bond acceptors (Lipinski definition) is 4. The van der Waals surface area contributed by atoms with Crippen molar-refractivity contribution in [3.63, 3.8) is 0 Å². The van der Waals surface area contributed by atoms with E-state index < -0.39 is 0 Å². The topological polar surface area (TPSA) is 64.0 Å². The molecule has 0 aliphatic carbocycles. The Kier molecular flexibility index (Phi) is 4.28. The van der Waals surface area contributed by atoms with Crippen molar-refractivity contribution >= 4 is 28.6 Å². The van der Waals surface area contributed by atoms with Crippen molar-refractivity contribution in [2.24, 2.45) is 0 Å². The highest BCUT2D eigenvalue weighted by Gasteiger charge is 2.22. The summed E-state index contributed by atoms with van der Waals surface area (Å²) in [4.78, 5) is 25.7. The third-order valence-corrected chi connectivity index (χ3v) is 5.47. The smallest absolute Gasteiger partial charge is 0.242 e. The average molecular weight is 351 g/mol. The maximum absolute atomic E-state index is 12.6. The number of benzene rings is 2. The number of nitrogens with one attached hydrogen (secondary N) is 1. The molecule has 1 atom stereocenters. The van der Waals surface area contributed by atoms with E-state index in [1.807, 2.05) is 42.1 Å². The summed E-state index contributed by atoms with van der Waals surface area (Å²) < 4.78 is 1.58. The summed E-state index contributed by atoms with van der Waals surface area (Å²) >= 11 is 1.82. The molecular formula is C19H17N3O2S. The van der Waals surface area contributed by atoms with Gasteiger partial charge in [-0.05, 0) is 30.2 Å². The molecule has 0 fully saturated rings. The molecule has 0 radical (unpaired) electrons. The number of hydrogen-bond donors (Lipinski definition) is 1. The predicted octanol–water partition coefficient (Wildman–Crippen LogP) is 2.75. The number of carbonyl (C=O) groups excluding carboxylic acids is 1. The standard InChI is InChI=1S/C19H17N3O2S/c23-17-11-20-22(16-7-3-1-6-14(16)17)12-19(24)21-15-9-10-25-18-8-4-2-5-13(15)18/h1-8,11,15H,9-10,12H2,(H,21,24)/t15-/m1/s1. The van der Waals surface area contributed by atoms with Crippen molar-refractivity contribution in [3.8, 4) is 0 Å². The van der Waals surface area contributed by atoms with E-state index in [9.17, 15) is 9.59 Å². The van der Waals surface area contributed by atoms with Gasteiger partial charge in [0, 0.05) is 16.0 Å². The van der Waals surface area contributed by atoms with Crippen LogP contribution in [0.2, 0.25) is 0 Å². The lowest BCUT2D eigenvalue weighted by molar-refractivity contribution is -0.122. The number of nitrogens with zero attached hydrogens (tertiary/aromatic N) is 2. The van der Waals surface area contributed by atoms with E-state index >= 15 is 0 Å². The number of fused-ring (bicyclic) bond motifs is 2. The van der Waals surface area contributed by atoms with Crippen LogP contribution < -0.4 is 10.7 Å². The summed E-state index contributed by atoms with van der Waals surface area (Å²) in [7, 11) is 0. The molecule has 2 aromatic carbocycles. The molecule has 6 heteroatoms. The third kappa shape index (κ3) is 3.17. The molecule has 5 nitrogen and oxygen atoms in total. The molecule has 1 amide bonds. The number of carbonyl (C=O) groups is 1. The summed E-state index contributed by atoms with van der Waals surface area (Å²) in [5.41, 5.74) is 1.71. The Morgan fingerprint density at radius 1 is 1.20 bits per heavy atom. The molecule has 0 spiro atoms. The SMILES string of the molecule is O=C(Cn1ncc(=O)c2ccccc21)N[C@@H]1CCSc2ccccc21. The van der Waals surface area contributed by atoms with Crippen LogP contribution in [-0.2, 0) is 11.3 Å². The molecule has 0 bridgehead atoms. The fourth-order valence-corrected chi connectivity index (χ4v) is 4.28. The van der Waals surface area contributed by atoms with Crippen LogP contribution in [0.25, 0.3) is 10.9 Å². The second kappa shape index (κ2) is 6.72. The Labute approximate surface area is 149 Å². The fourth-order valence-electron chi connectivity index (χ4n) is 3.15. The van der Waals surface area contributed by atoms with E-state index in [1.165, 1.54) is 16.7 Å². The lowest BCUT2D eigenvalue weighted by Crippen LogP contribution is -2.34. The highest BCUT2D eigenvalue weighted by molar-refractivity contribution is 7.99. The first-order chi connectivity index (χ1) is 12.2. The van der Waals surface area contributed by atoms with Gasteiger partial charge in [0.05, 0.1) is 17.8 Å². The minimum Gasteiger partial charge on any atom is -0.348 e. The Morgan fingerprint density at radius 2 is 2.00 bits per heavy atom. The minimum atomic E-state index is -0.134. The quantitative estimate of drug-likeness (QED) is 0.788. The zero-order valence-corrected chi connectivity index (χ0v) is 14.3. The third-order valence-electron chi connectivity index (χ3n) is 4.35. The van der Waals surface area contributed by atoms with Crippen molar-refractivity contribution in [1.82, 2.24) is 15.1 Å². The zero-order chi connectivity index (χ0) is 17.2. The van der Waals surface area contributed by atoms with Crippen molar-refractivity contribution in [3.05, 3.63) is 70.5 Å². The molecule has 0 saturated heterocycles. The highest BCUT2D eigenvalue weighted by Crippen LogP contribution is 2.35. The van der Waals surface area contributed by atoms with Crippen LogP contribution in [0, 0.1) is 0 Å². The second-order valence-electron chi connectivity index (χ2n) is 5.98. The molecular weight excluding hydrogens is 334 g/mol. The zero-order valence-electron chi connectivity index (χ0n) is 13.5. The van der Waals surface area contributed by atoms with Gasteiger partial charge >= 0.3 is 0 Å². The van der Waals surface area contributed by atoms with E-state index in [0.717, 1.165) is 12.2 Å². The molecule has 3 aromatic rings. The summed E-state index contributed by atoms with van der Waals surface area (Å²) in [6.07, 6.45) is 2.17. The Morgan fingerprint density at radius 3 is 2.92 bits per heavy atom. The van der Waals surface area contributed by atoms with Crippen LogP contribution >= 0.6 is 11.8 Å². The maximum Gasteiger partial charge on any atom is 0.242 e. The van der Waals surface area contributed by atoms with Gasteiger partial charge in [-0.25, -0.2) is 0 Å². The first-order valence-corrected chi connectivity index (χ1v) is 9.17. The van der Waals surface area contributed by atoms with E-state index in [2.05, 4.69) is 22.5 Å². The number of para-hydroxylation sites is 1. The van der Waals surface area contributed by atoms with Crippen molar-refractivity contribution in [2.45, 2.75) is 23.9 Å². The molecule has 2 heterocycles. The Hall–Kier alpha value is -2.60. The molecule has 0 saturated carbocycles. The number of amides is 1. The molecule has 1 N–H and O–H groups in total. The average Bonchev–Trinajstić information content (AvgIpc) is 2.65. The number of rotatable bonds is 3. The van der Waals surface area contributed by atoms with Gasteiger partial charge in [0.2, 0.25) is 11.3 Å². The molecule has 0 unspecified atom stereocenters. The molecule has 1 aromatic heterocycles. The summed E-state index contributed by atoms with van der Waals surface area (Å²) in [6.45, 7) is 0.0899. The van der Waals surface area contributed by atoms with Crippen LogP contribution in [0.4, 0.5) is 0 Å². The number of thioether (sulfide) groups is 1. The fraction of sp³-hybridized carbons (Fsp3) is 0.211. The predicted molar refractivity (Wildman–Crippen MR) is 98.7 cm³/mol. The van der Waals surface area contributed by atoms with Crippen LogP contribution in [-0.4, -0.2) is 21.4 Å². The van der Waals surface area contributed by atoms with Crippen LogP contribution in [0.1, 0.15) is 18.0 Å². The van der Waals surface area contributed by atoms with Crippen LogP contribution in [0.15, 0.2) is 64.4 Å². The highest BCUT2D eigenvalue weighted by atomic mass is 32.2. The molecule has 126 valence electrons. The molecule has 1 aliphatic rings. The van der Waals surface area contributed by atoms with E-state index in [-0.39, 0.29) is 23.9 Å². The van der Waals surface area contributed by atoms with Gasteiger partial charge in [-0.2, -0.15) is 5.10 Å². The van der Waals surface area contributed by atoms with Crippen molar-refractivity contribution in [1.29, 1.82) is 0 Å². The summed E-state index contributed by atoms with van der Waals surface area (Å²) in [5.74, 6) is 0.884. The first-order valence-electron chi connectivity index (χ1n) is 8.18. The van der Waals surface area contributed by atoms with Gasteiger partial charge < -0.3 is 5.32 Å². The van der Waals surface area contributed by atoms with E-state index in [0.29, 0.717) is 10.9 Å². The van der Waals surface area contributed by atoms with Crippen LogP contribution in [0.3, 0.4) is 0 Å². The van der Waals surface area contributed by atoms with Gasteiger partial charge in [0.15, 0.2) is 0 Å². The van der Waals surface area contributed by atoms with Gasteiger partial charge in [-0.1, -0.05) is 30.3 Å². The number of aromatic nitrogens is 2. The summed E-state index contributed by atoms with van der Waals surface area (Å²) in [5, 5.41) is 7.81. The van der Waals surface area contributed by atoms with Crippen molar-refractivity contribution in [2.75, 3.05) is 5.75 Å². The van der Waals surface area contributed by atoms with Gasteiger partial charge in [-0.15, -0.1) is 11.8 Å². The van der Waals surface area contributed by atoms with E-state index in [1.54, 1.807) is 10.7 Å². The lowest BCUT2D eigenvalue weighted by atomic mass is 10.0. The van der Waals surface area contributed by atoms with Gasteiger partial charge in [-0.3, -0.25) is 14.3 Å². The van der Waals surface area contributed by atoms with Gasteiger partial charge in [0.25, 0.3) is 0 Å². The maximum atomic E-state index is 12.6. The normalized spacial score (nSPS) is 16.4. The van der Waals surface area contributed by atoms with Crippen LogP contribution in [0.5, 0.6) is 0 Å². The van der Waals surface area contributed by atoms with Gasteiger partial charge in [0.1, 0.15) is 6.54 Å². The molecule has 4 rings (SSSR count). The largest absolute Gasteiger partial charge is 0.348 e. The van der Waals surface area contributed by atoms with Crippen molar-refractivity contribution < 1.29 is 4.79 Å². The van der Waals surface area contributed by atoms with E-state index in [4.69, 9.17) is 0 Å². The first kappa shape index (κ1) is 15.9. The minimum absolute atomic E-state index is 0.0237. The lowest BCUT2D eigenvalue weighted by Gasteiger charge is -2.26. The summed E-state index contributed by atoms with van der Waals surface area (Å²) in [6, 6.07) is 15.4.